The van der Waals surface area contributed by atoms with Gasteiger partial charge in [0.1, 0.15) is 28.8 Å². The molecule has 0 radical (unpaired) electrons. The van der Waals surface area contributed by atoms with Crippen LogP contribution in [0.15, 0.2) is 70.8 Å². The Kier molecular flexibility index (Phi) is 10.9. The minimum Gasteiger partial charge on any atom is -0.486 e. The average molecular weight is 699 g/mol. The number of carbonyl (C=O) groups is 2. The third kappa shape index (κ3) is 7.82. The van der Waals surface area contributed by atoms with Gasteiger partial charge in [0.2, 0.25) is 15.9 Å². The van der Waals surface area contributed by atoms with E-state index in [4.69, 9.17) is 33.8 Å². The molecule has 1 aromatic heterocycles. The van der Waals surface area contributed by atoms with Crippen LogP contribution >= 0.6 is 23.2 Å². The number of halogens is 2. The number of hydrazone groups is 1. The Balaban J connectivity index is 1.20. The number of rotatable bonds is 12. The van der Waals surface area contributed by atoms with Crippen LogP contribution < -0.4 is 21.2 Å². The van der Waals surface area contributed by atoms with Crippen molar-refractivity contribution in [2.75, 3.05) is 19.6 Å². The molecule has 3 aromatic carbocycles. The Morgan fingerprint density at radius 2 is 1.87 bits per heavy atom. The van der Waals surface area contributed by atoms with Crippen LogP contribution in [0.2, 0.25) is 10.0 Å². The van der Waals surface area contributed by atoms with E-state index in [1.54, 1.807) is 42.6 Å². The van der Waals surface area contributed by atoms with Gasteiger partial charge in [-0.1, -0.05) is 41.4 Å². The molecule has 15 heteroatoms. The number of hydrogen-bond acceptors (Lipinski definition) is 9. The summed E-state index contributed by atoms with van der Waals surface area (Å²) in [4.78, 5) is 34.2. The molecule has 1 aliphatic rings. The van der Waals surface area contributed by atoms with Crippen LogP contribution in [0, 0.1) is 6.92 Å². The zero-order chi connectivity index (χ0) is 33.6. The second kappa shape index (κ2) is 15.1. The van der Waals surface area contributed by atoms with E-state index in [1.807, 2.05) is 13.0 Å². The van der Waals surface area contributed by atoms with Gasteiger partial charge in [0, 0.05) is 42.0 Å². The van der Waals surface area contributed by atoms with Crippen LogP contribution in [0.3, 0.4) is 0 Å². The number of aryl methyl sites for hydroxylation is 1. The first-order valence-corrected chi connectivity index (χ1v) is 17.0. The fourth-order valence-corrected chi connectivity index (χ4v) is 7.73. The lowest BCUT2D eigenvalue weighted by molar-refractivity contribution is -0.124. The van der Waals surface area contributed by atoms with Crippen molar-refractivity contribution in [3.05, 3.63) is 93.2 Å². The molecule has 2 heterocycles. The van der Waals surface area contributed by atoms with Gasteiger partial charge in [-0.25, -0.2) is 13.4 Å². The van der Waals surface area contributed by atoms with Gasteiger partial charge in [-0.3, -0.25) is 14.6 Å². The van der Waals surface area contributed by atoms with Gasteiger partial charge in [0.05, 0.1) is 22.4 Å². The topological polar surface area (TPSA) is 169 Å². The van der Waals surface area contributed by atoms with Gasteiger partial charge < -0.3 is 21.2 Å². The van der Waals surface area contributed by atoms with Crippen LogP contribution in [0.5, 0.6) is 5.75 Å². The van der Waals surface area contributed by atoms with Crippen LogP contribution in [0.4, 0.5) is 0 Å². The highest BCUT2D eigenvalue weighted by Gasteiger charge is 2.40. The zero-order valence-electron chi connectivity index (χ0n) is 25.4. The second-order valence-electron chi connectivity index (χ2n) is 10.8. The molecule has 4 aromatic rings. The predicted molar refractivity (Wildman–Crippen MR) is 180 cm³/mol. The minimum atomic E-state index is -4.18. The Bertz CT molecular complexity index is 1920. The van der Waals surface area contributed by atoms with E-state index in [-0.39, 0.29) is 46.1 Å². The van der Waals surface area contributed by atoms with Crippen molar-refractivity contribution in [2.24, 2.45) is 10.9 Å². The number of amides is 2. The molecule has 246 valence electrons. The van der Waals surface area contributed by atoms with Crippen molar-refractivity contribution in [1.29, 1.82) is 0 Å². The van der Waals surface area contributed by atoms with Crippen molar-refractivity contribution in [3.8, 4) is 5.75 Å². The third-order valence-corrected chi connectivity index (χ3v) is 10.5. The number of para-hydroxylation sites is 1. The van der Waals surface area contributed by atoms with Crippen molar-refractivity contribution >= 4 is 62.3 Å². The van der Waals surface area contributed by atoms with Gasteiger partial charge in [0.15, 0.2) is 0 Å². The molecular formula is C32H33Cl2N7O5S. The summed E-state index contributed by atoms with van der Waals surface area (Å²) in [5, 5.41) is 9.20. The lowest BCUT2D eigenvalue weighted by atomic mass is 10.1. The van der Waals surface area contributed by atoms with E-state index < -0.39 is 22.0 Å². The molecule has 0 unspecified atom stereocenters. The van der Waals surface area contributed by atoms with Gasteiger partial charge >= 0.3 is 0 Å². The van der Waals surface area contributed by atoms with Crippen molar-refractivity contribution in [3.63, 3.8) is 0 Å². The largest absolute Gasteiger partial charge is 0.486 e. The number of aromatic nitrogens is 2. The molecular weight excluding hydrogens is 665 g/mol. The quantitative estimate of drug-likeness (QED) is 0.0856. The number of nitrogens with zero attached hydrogens (tertiary/aromatic N) is 4. The molecule has 4 N–H and O–H groups in total. The SMILES string of the molecule is Cc1cnc2cccc(OCc3c(Cl)ccc(S(=O)(=O)N4CCC[C@H]4C(=O)NCCCNC(=O)c4ccc(C=NN)cc4)c3Cl)c2n1. The number of fused-ring (bicyclic) bond motifs is 1. The number of hydrogen-bond donors (Lipinski definition) is 3. The summed E-state index contributed by atoms with van der Waals surface area (Å²) in [6.07, 6.45) is 4.44. The van der Waals surface area contributed by atoms with Gasteiger partial charge in [-0.05, 0) is 68.1 Å². The molecule has 0 bridgehead atoms. The summed E-state index contributed by atoms with van der Waals surface area (Å²) in [5.41, 5.74) is 3.44. The van der Waals surface area contributed by atoms with Crippen LogP contribution in [0.1, 0.15) is 46.4 Å². The molecule has 1 fully saturated rings. The first-order chi connectivity index (χ1) is 22.6. The number of nitrogens with one attached hydrogen (secondary N) is 2. The lowest BCUT2D eigenvalue weighted by Gasteiger charge is -2.24. The first-order valence-electron chi connectivity index (χ1n) is 14.8. The van der Waals surface area contributed by atoms with Gasteiger partial charge in [0.25, 0.3) is 5.91 Å². The highest BCUT2D eigenvalue weighted by Crippen LogP contribution is 2.36. The first kappa shape index (κ1) is 34.0. The summed E-state index contributed by atoms with van der Waals surface area (Å²) >= 11 is 13.1. The summed E-state index contributed by atoms with van der Waals surface area (Å²) in [6.45, 7) is 2.42. The zero-order valence-corrected chi connectivity index (χ0v) is 27.8. The fraction of sp³-hybridized carbons (Fsp3) is 0.281. The Morgan fingerprint density at radius 3 is 2.64 bits per heavy atom. The van der Waals surface area contributed by atoms with Crippen LogP contribution in [0.25, 0.3) is 11.0 Å². The maximum Gasteiger partial charge on any atom is 0.251 e. The van der Waals surface area contributed by atoms with Gasteiger partial charge in [-0.2, -0.15) is 9.41 Å². The number of carbonyl (C=O) groups excluding carboxylic acids is 2. The fourth-order valence-electron chi connectivity index (χ4n) is 5.21. The van der Waals surface area contributed by atoms with Gasteiger partial charge in [-0.15, -0.1) is 0 Å². The summed E-state index contributed by atoms with van der Waals surface area (Å²) in [5.74, 6) is 4.91. The molecule has 0 aliphatic carbocycles. The molecule has 1 saturated heterocycles. The molecule has 1 atom stereocenters. The van der Waals surface area contributed by atoms with E-state index in [1.165, 1.54) is 22.7 Å². The van der Waals surface area contributed by atoms with E-state index in [0.29, 0.717) is 53.8 Å². The monoisotopic (exact) mass is 697 g/mol. The van der Waals surface area contributed by atoms with E-state index in [2.05, 4.69) is 25.7 Å². The van der Waals surface area contributed by atoms with Crippen molar-refractivity contribution in [2.45, 2.75) is 43.7 Å². The smallest absolute Gasteiger partial charge is 0.251 e. The molecule has 12 nitrogen and oxygen atoms in total. The molecule has 2 amide bonds. The van der Waals surface area contributed by atoms with Crippen molar-refractivity contribution < 1.29 is 22.7 Å². The number of nitrogens with two attached hydrogens (primary N) is 1. The normalized spacial score (nSPS) is 15.3. The van der Waals surface area contributed by atoms with Crippen LogP contribution in [-0.2, 0) is 21.4 Å². The second-order valence-corrected chi connectivity index (χ2v) is 13.5. The standard InChI is InChI=1S/C32H33Cl2N7O5S/c1-20-17-38-25-5-2-7-27(30(25)40-20)46-19-23-24(33)12-13-28(29(23)34)47(44,45)41-16-3-6-26(41)32(43)37-15-4-14-36-31(42)22-10-8-21(9-11-22)18-39-35/h2,5,7-13,17-18,26H,3-4,6,14-16,19,35H2,1H3,(H,36,42)(H,37,43)/t26-/m0/s1. The lowest BCUT2D eigenvalue weighted by Crippen LogP contribution is -2.46. The molecule has 0 spiro atoms. The third-order valence-electron chi connectivity index (χ3n) is 7.61. The van der Waals surface area contributed by atoms with E-state index >= 15 is 0 Å². The average Bonchev–Trinajstić information content (AvgIpc) is 3.56. The van der Waals surface area contributed by atoms with E-state index in [0.717, 1.165) is 5.56 Å². The maximum atomic E-state index is 13.9. The number of benzene rings is 3. The maximum absolute atomic E-state index is 13.9. The Morgan fingerprint density at radius 1 is 1.11 bits per heavy atom. The molecule has 1 aliphatic heterocycles. The predicted octanol–water partition coefficient (Wildman–Crippen LogP) is 4.21. The number of ether oxygens (including phenoxy) is 1. The van der Waals surface area contributed by atoms with E-state index in [9.17, 15) is 18.0 Å². The summed E-state index contributed by atoms with van der Waals surface area (Å²) < 4.78 is 34.9. The summed E-state index contributed by atoms with van der Waals surface area (Å²) in [7, 11) is -4.18. The highest BCUT2D eigenvalue weighted by molar-refractivity contribution is 7.89. The minimum absolute atomic E-state index is 0.0797. The molecule has 5 rings (SSSR count). The van der Waals surface area contributed by atoms with Crippen LogP contribution in [-0.4, -0.2) is 66.4 Å². The number of sulfonamides is 1. The molecule has 0 saturated carbocycles. The molecule has 47 heavy (non-hydrogen) atoms. The summed E-state index contributed by atoms with van der Waals surface area (Å²) in [6, 6.07) is 14.0. The Labute approximate surface area is 282 Å². The Hall–Kier alpha value is -4.30. The highest BCUT2D eigenvalue weighted by atomic mass is 35.5. The van der Waals surface area contributed by atoms with Crippen molar-refractivity contribution in [1.82, 2.24) is 24.9 Å².